The van der Waals surface area contributed by atoms with Crippen LogP contribution in [-0.4, -0.2) is 5.78 Å². The minimum Gasteiger partial charge on any atom is -0.299 e. The van der Waals surface area contributed by atoms with E-state index in [1.54, 1.807) is 0 Å². The minimum atomic E-state index is 0.214. The van der Waals surface area contributed by atoms with Gasteiger partial charge in [0.2, 0.25) is 0 Å². The van der Waals surface area contributed by atoms with Crippen molar-refractivity contribution < 1.29 is 4.79 Å². The maximum Gasteiger partial charge on any atom is 0.135 e. The van der Waals surface area contributed by atoms with Gasteiger partial charge in [-0.25, -0.2) is 0 Å². The zero-order chi connectivity index (χ0) is 10.8. The fraction of sp³-hybridized carbons (Fsp3) is 0.769. The number of rotatable bonds is 8. The van der Waals surface area contributed by atoms with Crippen LogP contribution in [0.3, 0.4) is 0 Å². The van der Waals surface area contributed by atoms with E-state index in [-0.39, 0.29) is 5.92 Å². The SMILES string of the molecule is CCC/C=C/CCCCC(=O)C(C)C. The largest absolute Gasteiger partial charge is 0.299 e. The van der Waals surface area contributed by atoms with Gasteiger partial charge in [-0.15, -0.1) is 0 Å². The highest BCUT2D eigenvalue weighted by Crippen LogP contribution is 2.06. The van der Waals surface area contributed by atoms with Crippen molar-refractivity contribution in [3.63, 3.8) is 0 Å². The van der Waals surface area contributed by atoms with Gasteiger partial charge in [-0.3, -0.25) is 4.79 Å². The number of carbonyl (C=O) groups excluding carboxylic acids is 1. The van der Waals surface area contributed by atoms with E-state index in [0.717, 1.165) is 25.7 Å². The molecule has 0 heterocycles. The van der Waals surface area contributed by atoms with Crippen molar-refractivity contribution in [2.45, 2.75) is 59.3 Å². The van der Waals surface area contributed by atoms with Crippen LogP contribution in [0, 0.1) is 5.92 Å². The van der Waals surface area contributed by atoms with Crippen LogP contribution in [0.25, 0.3) is 0 Å². The van der Waals surface area contributed by atoms with Gasteiger partial charge in [-0.2, -0.15) is 0 Å². The standard InChI is InChI=1S/C13H24O/c1-4-5-6-7-8-9-10-11-13(14)12(2)3/h6-7,12H,4-5,8-11H2,1-3H3/b7-6+. The van der Waals surface area contributed by atoms with Gasteiger partial charge in [0.15, 0.2) is 0 Å². The summed E-state index contributed by atoms with van der Waals surface area (Å²) in [6.45, 7) is 6.14. The van der Waals surface area contributed by atoms with Gasteiger partial charge in [-0.05, 0) is 25.7 Å². The van der Waals surface area contributed by atoms with E-state index in [2.05, 4.69) is 19.1 Å². The first kappa shape index (κ1) is 13.4. The van der Waals surface area contributed by atoms with E-state index in [4.69, 9.17) is 0 Å². The highest BCUT2D eigenvalue weighted by atomic mass is 16.1. The van der Waals surface area contributed by atoms with E-state index in [0.29, 0.717) is 5.78 Å². The van der Waals surface area contributed by atoms with Crippen LogP contribution in [-0.2, 0) is 4.79 Å². The molecule has 0 aliphatic rings. The molecule has 0 saturated heterocycles. The molecule has 0 bridgehead atoms. The van der Waals surface area contributed by atoms with Crippen molar-refractivity contribution in [1.29, 1.82) is 0 Å². The maximum atomic E-state index is 11.3. The summed E-state index contributed by atoms with van der Waals surface area (Å²) in [5, 5.41) is 0. The molecule has 0 saturated carbocycles. The second-order valence-electron chi connectivity index (χ2n) is 4.13. The molecular formula is C13H24O. The third-order valence-electron chi connectivity index (χ3n) is 2.31. The summed E-state index contributed by atoms with van der Waals surface area (Å²) in [7, 11) is 0. The van der Waals surface area contributed by atoms with Crippen LogP contribution in [0.4, 0.5) is 0 Å². The molecule has 0 aromatic carbocycles. The van der Waals surface area contributed by atoms with Crippen LogP contribution >= 0.6 is 0 Å². The molecule has 0 atom stereocenters. The predicted molar refractivity (Wildman–Crippen MR) is 62.4 cm³/mol. The van der Waals surface area contributed by atoms with Gasteiger partial charge in [0.1, 0.15) is 5.78 Å². The van der Waals surface area contributed by atoms with E-state index in [1.807, 2.05) is 13.8 Å². The van der Waals surface area contributed by atoms with Crippen LogP contribution in [0.15, 0.2) is 12.2 Å². The van der Waals surface area contributed by atoms with Crippen LogP contribution in [0.2, 0.25) is 0 Å². The zero-order valence-corrected chi connectivity index (χ0v) is 9.88. The molecule has 0 fully saturated rings. The Bertz CT molecular complexity index is 168. The molecule has 0 unspecified atom stereocenters. The van der Waals surface area contributed by atoms with Crippen molar-refractivity contribution >= 4 is 5.78 Å². The number of ketones is 1. The molecule has 1 nitrogen and oxygen atoms in total. The molecule has 0 radical (unpaired) electrons. The highest BCUT2D eigenvalue weighted by molar-refractivity contribution is 5.80. The molecule has 0 N–H and O–H groups in total. The molecule has 14 heavy (non-hydrogen) atoms. The fourth-order valence-corrected chi connectivity index (χ4v) is 1.25. The van der Waals surface area contributed by atoms with E-state index < -0.39 is 0 Å². The van der Waals surface area contributed by atoms with Gasteiger partial charge in [0.05, 0.1) is 0 Å². The summed E-state index contributed by atoms with van der Waals surface area (Å²) in [4.78, 5) is 11.3. The van der Waals surface area contributed by atoms with Crippen molar-refractivity contribution in [3.05, 3.63) is 12.2 Å². The van der Waals surface area contributed by atoms with Gasteiger partial charge in [0.25, 0.3) is 0 Å². The van der Waals surface area contributed by atoms with Gasteiger partial charge in [0, 0.05) is 12.3 Å². The second-order valence-corrected chi connectivity index (χ2v) is 4.13. The van der Waals surface area contributed by atoms with Crippen LogP contribution < -0.4 is 0 Å². The number of hydrogen-bond acceptors (Lipinski definition) is 1. The predicted octanol–water partition coefficient (Wildman–Crippen LogP) is 4.13. The molecule has 0 aliphatic heterocycles. The minimum absolute atomic E-state index is 0.214. The summed E-state index contributed by atoms with van der Waals surface area (Å²) in [6, 6.07) is 0. The molecule has 1 heteroatoms. The third-order valence-corrected chi connectivity index (χ3v) is 2.31. The van der Waals surface area contributed by atoms with Crippen molar-refractivity contribution in [3.8, 4) is 0 Å². The molecule has 0 aliphatic carbocycles. The fourth-order valence-electron chi connectivity index (χ4n) is 1.25. The maximum absolute atomic E-state index is 11.3. The van der Waals surface area contributed by atoms with Crippen LogP contribution in [0.1, 0.15) is 59.3 Å². The van der Waals surface area contributed by atoms with Crippen molar-refractivity contribution in [1.82, 2.24) is 0 Å². The zero-order valence-electron chi connectivity index (χ0n) is 9.88. The van der Waals surface area contributed by atoms with Gasteiger partial charge in [-0.1, -0.05) is 39.3 Å². The molecule has 82 valence electrons. The molecular weight excluding hydrogens is 172 g/mol. The first-order valence-electron chi connectivity index (χ1n) is 5.86. The van der Waals surface area contributed by atoms with Crippen molar-refractivity contribution in [2.24, 2.45) is 5.92 Å². The quantitative estimate of drug-likeness (QED) is 0.421. The smallest absolute Gasteiger partial charge is 0.135 e. The lowest BCUT2D eigenvalue weighted by molar-refractivity contribution is -0.122. The number of Topliss-reactive ketones (excluding diaryl/α,β-unsaturated/α-hetero) is 1. The molecule has 0 spiro atoms. The summed E-state index contributed by atoms with van der Waals surface area (Å²) in [6.07, 6.45) is 11.0. The van der Waals surface area contributed by atoms with Gasteiger partial charge < -0.3 is 0 Å². The van der Waals surface area contributed by atoms with Gasteiger partial charge >= 0.3 is 0 Å². The summed E-state index contributed by atoms with van der Waals surface area (Å²) in [5.74, 6) is 0.619. The third kappa shape index (κ3) is 8.03. The first-order chi connectivity index (χ1) is 6.68. The Morgan fingerprint density at radius 2 is 1.79 bits per heavy atom. The number of hydrogen-bond donors (Lipinski definition) is 0. The second kappa shape index (κ2) is 8.98. The normalized spacial score (nSPS) is 11.4. The van der Waals surface area contributed by atoms with E-state index in [9.17, 15) is 4.79 Å². The number of carbonyl (C=O) groups is 1. The summed E-state index contributed by atoms with van der Waals surface area (Å²) in [5.41, 5.74) is 0. The average Bonchev–Trinajstić information content (AvgIpc) is 2.16. The van der Waals surface area contributed by atoms with E-state index in [1.165, 1.54) is 12.8 Å². The Balaban J connectivity index is 3.25. The molecule has 0 aromatic rings. The topological polar surface area (TPSA) is 17.1 Å². The monoisotopic (exact) mass is 196 g/mol. The Labute approximate surface area is 88.6 Å². The lowest BCUT2D eigenvalue weighted by Crippen LogP contribution is -2.05. The molecule has 0 aromatic heterocycles. The Hall–Kier alpha value is -0.590. The molecule has 0 rings (SSSR count). The number of allylic oxidation sites excluding steroid dienone is 2. The van der Waals surface area contributed by atoms with Crippen molar-refractivity contribution in [2.75, 3.05) is 0 Å². The van der Waals surface area contributed by atoms with E-state index >= 15 is 0 Å². The lowest BCUT2D eigenvalue weighted by atomic mass is 10.0. The Kier molecular flexibility index (Phi) is 8.61. The average molecular weight is 196 g/mol. The Morgan fingerprint density at radius 3 is 2.36 bits per heavy atom. The first-order valence-corrected chi connectivity index (χ1v) is 5.86. The highest BCUT2D eigenvalue weighted by Gasteiger charge is 2.05. The van der Waals surface area contributed by atoms with Crippen LogP contribution in [0.5, 0.6) is 0 Å². The lowest BCUT2D eigenvalue weighted by Gasteiger charge is -2.02. The Morgan fingerprint density at radius 1 is 1.14 bits per heavy atom. The summed E-state index contributed by atoms with van der Waals surface area (Å²) < 4.78 is 0. The molecule has 0 amide bonds. The summed E-state index contributed by atoms with van der Waals surface area (Å²) >= 11 is 0. The number of unbranched alkanes of at least 4 members (excludes halogenated alkanes) is 3.